The van der Waals surface area contributed by atoms with E-state index in [-0.39, 0.29) is 11.9 Å². The quantitative estimate of drug-likeness (QED) is 0.905. The summed E-state index contributed by atoms with van der Waals surface area (Å²) in [5.74, 6) is 1.78. The van der Waals surface area contributed by atoms with E-state index in [4.69, 9.17) is 0 Å². The van der Waals surface area contributed by atoms with Crippen molar-refractivity contribution in [2.45, 2.75) is 58.0 Å². The molecule has 6 nitrogen and oxygen atoms in total. The third-order valence-corrected chi connectivity index (χ3v) is 5.65. The zero-order valence-electron chi connectivity index (χ0n) is 15.5. The zero-order chi connectivity index (χ0) is 17.6. The fourth-order valence-corrected chi connectivity index (χ4v) is 3.87. The monoisotopic (exact) mass is 345 g/mol. The Bertz CT molecular complexity index is 544. The van der Waals surface area contributed by atoms with E-state index in [9.17, 15) is 4.79 Å². The fraction of sp³-hybridized carbons (Fsp3) is 0.737. The molecule has 1 amide bonds. The Balaban J connectivity index is 1.50. The minimum atomic E-state index is -0.0732. The lowest BCUT2D eigenvalue weighted by Crippen LogP contribution is -2.49. The van der Waals surface area contributed by atoms with Crippen LogP contribution in [0.2, 0.25) is 0 Å². The minimum Gasteiger partial charge on any atom is -0.352 e. The summed E-state index contributed by atoms with van der Waals surface area (Å²) < 4.78 is 0. The highest BCUT2D eigenvalue weighted by molar-refractivity contribution is 5.81. The molecule has 2 fully saturated rings. The van der Waals surface area contributed by atoms with Gasteiger partial charge >= 0.3 is 0 Å². The molecule has 1 saturated carbocycles. The lowest BCUT2D eigenvalue weighted by Gasteiger charge is -2.31. The molecule has 1 atom stereocenters. The van der Waals surface area contributed by atoms with Gasteiger partial charge in [0.05, 0.1) is 6.04 Å². The van der Waals surface area contributed by atoms with E-state index in [2.05, 4.69) is 32.0 Å². The molecule has 0 aromatic carbocycles. The number of nitrogens with one attached hydrogen (secondary N) is 1. The Kier molecular flexibility index (Phi) is 6.24. The molecule has 2 aliphatic rings. The number of carbonyl (C=O) groups excluding carboxylic acids is 1. The Labute approximate surface area is 151 Å². The molecule has 138 valence electrons. The maximum Gasteiger partial charge on any atom is 0.237 e. The van der Waals surface area contributed by atoms with Crippen LogP contribution in [-0.4, -0.2) is 59.0 Å². The first kappa shape index (κ1) is 18.1. The van der Waals surface area contributed by atoms with Crippen LogP contribution in [-0.2, 0) is 4.79 Å². The van der Waals surface area contributed by atoms with Crippen LogP contribution in [0, 0.1) is 5.92 Å². The van der Waals surface area contributed by atoms with Crippen molar-refractivity contribution in [3.05, 3.63) is 18.5 Å². The Morgan fingerprint density at radius 3 is 2.56 bits per heavy atom. The van der Waals surface area contributed by atoms with E-state index >= 15 is 0 Å². The van der Waals surface area contributed by atoms with Crippen LogP contribution in [0.5, 0.6) is 0 Å². The van der Waals surface area contributed by atoms with Crippen molar-refractivity contribution in [2.75, 3.05) is 31.1 Å². The van der Waals surface area contributed by atoms with Gasteiger partial charge in [-0.15, -0.1) is 0 Å². The molecular weight excluding hydrogens is 314 g/mol. The topological polar surface area (TPSA) is 61.4 Å². The van der Waals surface area contributed by atoms with Crippen molar-refractivity contribution in [1.29, 1.82) is 0 Å². The van der Waals surface area contributed by atoms with Gasteiger partial charge in [0, 0.05) is 44.6 Å². The average Bonchev–Trinajstić information content (AvgIpc) is 2.90. The van der Waals surface area contributed by atoms with E-state index in [1.54, 1.807) is 12.4 Å². The second-order valence-corrected chi connectivity index (χ2v) is 7.57. The number of anilines is 1. The van der Waals surface area contributed by atoms with Crippen molar-refractivity contribution in [1.82, 2.24) is 20.2 Å². The molecule has 1 aliphatic carbocycles. The molecule has 1 aromatic rings. The van der Waals surface area contributed by atoms with Gasteiger partial charge in [0.15, 0.2) is 0 Å². The van der Waals surface area contributed by atoms with Crippen molar-refractivity contribution in [3.8, 4) is 0 Å². The van der Waals surface area contributed by atoms with Crippen LogP contribution >= 0.6 is 0 Å². The van der Waals surface area contributed by atoms with Gasteiger partial charge in [-0.3, -0.25) is 9.69 Å². The number of carbonyl (C=O) groups is 1. The first-order valence-electron chi connectivity index (χ1n) is 9.70. The number of hydrogen-bond donors (Lipinski definition) is 1. The third-order valence-electron chi connectivity index (χ3n) is 5.65. The van der Waals surface area contributed by atoms with Crippen molar-refractivity contribution < 1.29 is 4.79 Å². The molecule has 2 heterocycles. The second kappa shape index (κ2) is 8.61. The summed E-state index contributed by atoms with van der Waals surface area (Å²) in [6, 6.07) is 2.13. The summed E-state index contributed by atoms with van der Waals surface area (Å²) in [5, 5.41) is 3.28. The van der Waals surface area contributed by atoms with Crippen LogP contribution in [0.4, 0.5) is 5.95 Å². The number of rotatable bonds is 4. The van der Waals surface area contributed by atoms with Gasteiger partial charge in [0.2, 0.25) is 11.9 Å². The van der Waals surface area contributed by atoms with Crippen LogP contribution in [0.15, 0.2) is 18.5 Å². The summed E-state index contributed by atoms with van der Waals surface area (Å²) in [6.45, 7) is 7.96. The first-order chi connectivity index (χ1) is 12.1. The summed E-state index contributed by atoms with van der Waals surface area (Å²) in [7, 11) is 0. The third kappa shape index (κ3) is 4.91. The fourth-order valence-electron chi connectivity index (χ4n) is 3.87. The zero-order valence-corrected chi connectivity index (χ0v) is 15.5. The SMILES string of the molecule is CC1CCC(NC(=O)[C@@H](C)N2CCCN(c3ncccn3)CC2)CC1. The first-order valence-corrected chi connectivity index (χ1v) is 9.70. The molecule has 1 aromatic heterocycles. The van der Waals surface area contributed by atoms with E-state index < -0.39 is 0 Å². The summed E-state index contributed by atoms with van der Waals surface area (Å²) >= 11 is 0. The molecule has 0 spiro atoms. The molecule has 3 rings (SSSR count). The molecule has 1 saturated heterocycles. The predicted octanol–water partition coefficient (Wildman–Crippen LogP) is 2.07. The number of amides is 1. The van der Waals surface area contributed by atoms with Gasteiger partial charge in [-0.05, 0) is 51.0 Å². The van der Waals surface area contributed by atoms with Crippen molar-refractivity contribution in [3.63, 3.8) is 0 Å². The molecule has 0 radical (unpaired) electrons. The van der Waals surface area contributed by atoms with Gasteiger partial charge in [-0.25, -0.2) is 9.97 Å². The Morgan fingerprint density at radius 2 is 1.84 bits per heavy atom. The van der Waals surface area contributed by atoms with Gasteiger partial charge in [0.25, 0.3) is 0 Å². The van der Waals surface area contributed by atoms with Gasteiger partial charge in [-0.1, -0.05) is 6.92 Å². The minimum absolute atomic E-state index is 0.0732. The van der Waals surface area contributed by atoms with Crippen LogP contribution in [0.1, 0.15) is 46.0 Å². The standard InChI is InChI=1S/C19H31N5O/c1-15-5-7-17(8-6-15)22-18(25)16(2)23-11-4-12-24(14-13-23)19-20-9-3-10-21-19/h3,9-10,15-17H,4-8,11-14H2,1-2H3,(H,22,25)/t15?,16-,17?/m1/s1. The summed E-state index contributed by atoms with van der Waals surface area (Å²) in [5.41, 5.74) is 0. The lowest BCUT2D eigenvalue weighted by atomic mass is 9.87. The molecule has 0 unspecified atom stereocenters. The molecule has 25 heavy (non-hydrogen) atoms. The number of aromatic nitrogens is 2. The van der Waals surface area contributed by atoms with E-state index in [0.29, 0.717) is 6.04 Å². The normalized spacial score (nSPS) is 26.7. The predicted molar refractivity (Wildman–Crippen MR) is 99.5 cm³/mol. The molecule has 1 aliphatic heterocycles. The highest BCUT2D eigenvalue weighted by Gasteiger charge is 2.27. The summed E-state index contributed by atoms with van der Waals surface area (Å²) in [4.78, 5) is 25.9. The van der Waals surface area contributed by atoms with Crippen molar-refractivity contribution in [2.24, 2.45) is 5.92 Å². The average molecular weight is 345 g/mol. The maximum absolute atomic E-state index is 12.7. The van der Waals surface area contributed by atoms with E-state index in [1.165, 1.54) is 12.8 Å². The molecule has 6 heteroatoms. The van der Waals surface area contributed by atoms with Gasteiger partial charge in [-0.2, -0.15) is 0 Å². The Morgan fingerprint density at radius 1 is 1.12 bits per heavy atom. The van der Waals surface area contributed by atoms with Crippen LogP contribution in [0.25, 0.3) is 0 Å². The van der Waals surface area contributed by atoms with E-state index in [0.717, 1.165) is 57.3 Å². The largest absolute Gasteiger partial charge is 0.352 e. The number of hydrogen-bond acceptors (Lipinski definition) is 5. The van der Waals surface area contributed by atoms with Crippen LogP contribution < -0.4 is 10.2 Å². The van der Waals surface area contributed by atoms with Crippen molar-refractivity contribution >= 4 is 11.9 Å². The second-order valence-electron chi connectivity index (χ2n) is 7.57. The highest BCUT2D eigenvalue weighted by atomic mass is 16.2. The van der Waals surface area contributed by atoms with E-state index in [1.807, 2.05) is 13.0 Å². The van der Waals surface area contributed by atoms with Gasteiger partial charge in [0.1, 0.15) is 0 Å². The number of nitrogens with zero attached hydrogens (tertiary/aromatic N) is 4. The smallest absolute Gasteiger partial charge is 0.237 e. The highest BCUT2D eigenvalue weighted by Crippen LogP contribution is 2.23. The summed E-state index contributed by atoms with van der Waals surface area (Å²) in [6.07, 6.45) is 9.30. The lowest BCUT2D eigenvalue weighted by molar-refractivity contribution is -0.126. The molecular formula is C19H31N5O. The molecule has 0 bridgehead atoms. The maximum atomic E-state index is 12.7. The van der Waals surface area contributed by atoms with Gasteiger partial charge < -0.3 is 10.2 Å². The molecule has 1 N–H and O–H groups in total. The Hall–Kier alpha value is -1.69. The van der Waals surface area contributed by atoms with Crippen LogP contribution in [0.3, 0.4) is 0 Å².